The molecule has 0 aromatic heterocycles. The maximum atomic E-state index is 12.3. The van der Waals surface area contributed by atoms with Gasteiger partial charge in [0.1, 0.15) is 0 Å². The van der Waals surface area contributed by atoms with Crippen LogP contribution in [-0.4, -0.2) is 70.0 Å². The number of aliphatic hydroxyl groups excluding tert-OH is 1. The lowest BCUT2D eigenvalue weighted by molar-refractivity contribution is 0.0443. The van der Waals surface area contributed by atoms with Crippen molar-refractivity contribution in [1.82, 2.24) is 9.80 Å². The highest BCUT2D eigenvalue weighted by Crippen LogP contribution is 2.23. The molecule has 1 aromatic rings. The van der Waals surface area contributed by atoms with E-state index in [1.807, 2.05) is 11.8 Å². The van der Waals surface area contributed by atoms with E-state index in [4.69, 9.17) is 0 Å². The summed E-state index contributed by atoms with van der Waals surface area (Å²) in [5.41, 5.74) is 0.869. The summed E-state index contributed by atoms with van der Waals surface area (Å²) in [6.07, 6.45) is 0.382. The van der Waals surface area contributed by atoms with Crippen molar-refractivity contribution in [2.45, 2.75) is 25.5 Å². The molecule has 0 radical (unpaired) electrons. The van der Waals surface area contributed by atoms with Gasteiger partial charge in [-0.25, -0.2) is 0 Å². The zero-order valence-electron chi connectivity index (χ0n) is 13.3. The largest absolute Gasteiger partial charge is 0.390 e. The molecule has 2 aliphatic rings. The zero-order chi connectivity index (χ0) is 16.4. The number of carbonyl (C=O) groups excluding carboxylic acids is 2. The van der Waals surface area contributed by atoms with E-state index in [0.717, 1.165) is 24.5 Å². The Bertz CT molecular complexity index is 572. The first-order valence-electron chi connectivity index (χ1n) is 8.03. The van der Waals surface area contributed by atoms with Crippen molar-refractivity contribution in [1.29, 1.82) is 0 Å². The standard InChI is InChI=1S/C17H22N2O3S/c1-12-6-8-23-9-7-18(12)10-13(20)11-19-16(21)14-4-2-3-5-15(14)17(19)22/h2-5,12-13,20H,6-11H2,1H3/t12-,13+/m1/s1. The lowest BCUT2D eigenvalue weighted by Crippen LogP contribution is -2.45. The number of aliphatic hydroxyl groups is 1. The summed E-state index contributed by atoms with van der Waals surface area (Å²) in [5.74, 6) is 1.60. The highest BCUT2D eigenvalue weighted by Gasteiger charge is 2.36. The topological polar surface area (TPSA) is 60.9 Å². The van der Waals surface area contributed by atoms with Gasteiger partial charge < -0.3 is 5.11 Å². The third kappa shape index (κ3) is 3.44. The average molecular weight is 334 g/mol. The quantitative estimate of drug-likeness (QED) is 0.845. The fourth-order valence-electron chi connectivity index (χ4n) is 3.16. The number of hydrogen-bond acceptors (Lipinski definition) is 5. The molecule has 5 nitrogen and oxygen atoms in total. The van der Waals surface area contributed by atoms with Crippen molar-refractivity contribution < 1.29 is 14.7 Å². The van der Waals surface area contributed by atoms with Gasteiger partial charge in [0.05, 0.1) is 23.8 Å². The Hall–Kier alpha value is -1.37. The molecular formula is C17H22N2O3S. The Kier molecular flexibility index (Phi) is 5.04. The number of β-amino-alcohol motifs (C(OH)–C–C–N with tert-alkyl or cyclic N) is 1. The van der Waals surface area contributed by atoms with Crippen LogP contribution in [0.1, 0.15) is 34.1 Å². The van der Waals surface area contributed by atoms with Crippen LogP contribution in [0.5, 0.6) is 0 Å². The molecule has 3 rings (SSSR count). The maximum Gasteiger partial charge on any atom is 0.261 e. The maximum absolute atomic E-state index is 12.3. The van der Waals surface area contributed by atoms with Gasteiger partial charge in [-0.1, -0.05) is 12.1 Å². The monoisotopic (exact) mass is 334 g/mol. The molecule has 1 fully saturated rings. The molecular weight excluding hydrogens is 312 g/mol. The second kappa shape index (κ2) is 7.03. The first-order chi connectivity index (χ1) is 11.1. The van der Waals surface area contributed by atoms with Crippen LogP contribution in [0.4, 0.5) is 0 Å². The molecule has 2 heterocycles. The van der Waals surface area contributed by atoms with Gasteiger partial charge in [-0.3, -0.25) is 19.4 Å². The summed E-state index contributed by atoms with van der Waals surface area (Å²) in [7, 11) is 0. The van der Waals surface area contributed by atoms with Crippen molar-refractivity contribution in [2.24, 2.45) is 0 Å². The molecule has 2 amide bonds. The van der Waals surface area contributed by atoms with E-state index in [2.05, 4.69) is 11.8 Å². The molecule has 0 unspecified atom stereocenters. The fraction of sp³-hybridized carbons (Fsp3) is 0.529. The van der Waals surface area contributed by atoms with Crippen LogP contribution in [0.2, 0.25) is 0 Å². The smallest absolute Gasteiger partial charge is 0.261 e. The molecule has 2 aliphatic heterocycles. The van der Waals surface area contributed by atoms with Crippen molar-refractivity contribution in [3.05, 3.63) is 35.4 Å². The summed E-state index contributed by atoms with van der Waals surface area (Å²) in [6, 6.07) is 7.24. The van der Waals surface area contributed by atoms with Crippen LogP contribution in [0.15, 0.2) is 24.3 Å². The van der Waals surface area contributed by atoms with Crippen molar-refractivity contribution in [3.63, 3.8) is 0 Å². The number of nitrogens with zero attached hydrogens (tertiary/aromatic N) is 2. The molecule has 0 saturated carbocycles. The van der Waals surface area contributed by atoms with E-state index < -0.39 is 6.10 Å². The summed E-state index contributed by atoms with van der Waals surface area (Å²) < 4.78 is 0. The number of carbonyl (C=O) groups is 2. The second-order valence-electron chi connectivity index (χ2n) is 6.17. The van der Waals surface area contributed by atoms with Gasteiger partial charge in [0, 0.05) is 24.9 Å². The number of imide groups is 1. The van der Waals surface area contributed by atoms with E-state index in [-0.39, 0.29) is 18.4 Å². The summed E-state index contributed by atoms with van der Waals surface area (Å²) in [4.78, 5) is 28.1. The summed E-state index contributed by atoms with van der Waals surface area (Å²) in [6.45, 7) is 3.66. The van der Waals surface area contributed by atoms with Crippen molar-refractivity contribution in [2.75, 3.05) is 31.1 Å². The van der Waals surface area contributed by atoms with Crippen LogP contribution < -0.4 is 0 Å². The Balaban J connectivity index is 1.63. The average Bonchev–Trinajstić information content (AvgIpc) is 2.69. The predicted octanol–water partition coefficient (Wildman–Crippen LogP) is 1.47. The van der Waals surface area contributed by atoms with Gasteiger partial charge in [-0.2, -0.15) is 11.8 Å². The summed E-state index contributed by atoms with van der Waals surface area (Å²) >= 11 is 1.93. The van der Waals surface area contributed by atoms with E-state index in [0.29, 0.717) is 23.7 Å². The van der Waals surface area contributed by atoms with Gasteiger partial charge in [0.15, 0.2) is 0 Å². The molecule has 0 spiro atoms. The fourth-order valence-corrected chi connectivity index (χ4v) is 4.23. The minimum Gasteiger partial charge on any atom is -0.390 e. The number of fused-ring (bicyclic) bond motifs is 1. The molecule has 0 bridgehead atoms. The molecule has 1 saturated heterocycles. The zero-order valence-corrected chi connectivity index (χ0v) is 14.1. The second-order valence-corrected chi connectivity index (χ2v) is 7.39. The number of benzene rings is 1. The van der Waals surface area contributed by atoms with Crippen LogP contribution in [-0.2, 0) is 0 Å². The minimum absolute atomic E-state index is 0.0582. The number of amides is 2. The molecule has 1 aromatic carbocycles. The Morgan fingerprint density at radius 3 is 2.48 bits per heavy atom. The van der Waals surface area contributed by atoms with Gasteiger partial charge >= 0.3 is 0 Å². The lowest BCUT2D eigenvalue weighted by Gasteiger charge is -2.30. The van der Waals surface area contributed by atoms with E-state index in [1.165, 1.54) is 4.90 Å². The number of rotatable bonds is 4. The summed E-state index contributed by atoms with van der Waals surface area (Å²) in [5, 5.41) is 10.4. The number of thioether (sulfide) groups is 1. The lowest BCUT2D eigenvalue weighted by atomic mass is 10.1. The highest BCUT2D eigenvalue weighted by atomic mass is 32.2. The molecule has 6 heteroatoms. The van der Waals surface area contributed by atoms with E-state index in [1.54, 1.807) is 24.3 Å². The first kappa shape index (κ1) is 16.5. The van der Waals surface area contributed by atoms with Crippen LogP contribution in [0, 0.1) is 0 Å². The first-order valence-corrected chi connectivity index (χ1v) is 9.18. The Labute approximate surface area is 140 Å². The van der Waals surface area contributed by atoms with Gasteiger partial charge in [0.2, 0.25) is 0 Å². The van der Waals surface area contributed by atoms with Crippen LogP contribution in [0.3, 0.4) is 0 Å². The Morgan fingerprint density at radius 1 is 1.17 bits per heavy atom. The third-order valence-corrected chi connectivity index (χ3v) is 5.54. The third-order valence-electron chi connectivity index (χ3n) is 4.54. The number of hydrogen-bond donors (Lipinski definition) is 1. The van der Waals surface area contributed by atoms with E-state index >= 15 is 0 Å². The molecule has 2 atom stereocenters. The molecule has 124 valence electrons. The van der Waals surface area contributed by atoms with Crippen LogP contribution >= 0.6 is 11.8 Å². The van der Waals surface area contributed by atoms with Gasteiger partial charge in [-0.15, -0.1) is 0 Å². The molecule has 1 N–H and O–H groups in total. The minimum atomic E-state index is -0.720. The van der Waals surface area contributed by atoms with Crippen LogP contribution in [0.25, 0.3) is 0 Å². The molecule has 23 heavy (non-hydrogen) atoms. The Morgan fingerprint density at radius 2 is 1.83 bits per heavy atom. The molecule has 0 aliphatic carbocycles. The van der Waals surface area contributed by atoms with Gasteiger partial charge in [-0.05, 0) is 31.2 Å². The van der Waals surface area contributed by atoms with E-state index in [9.17, 15) is 14.7 Å². The SMILES string of the molecule is C[C@@H]1CCSCCN1C[C@H](O)CN1C(=O)c2ccccc2C1=O. The predicted molar refractivity (Wildman–Crippen MR) is 90.8 cm³/mol. The van der Waals surface area contributed by atoms with Gasteiger partial charge in [0.25, 0.3) is 11.8 Å². The van der Waals surface area contributed by atoms with Crippen molar-refractivity contribution in [3.8, 4) is 0 Å². The highest BCUT2D eigenvalue weighted by molar-refractivity contribution is 7.99. The van der Waals surface area contributed by atoms with Crippen molar-refractivity contribution >= 4 is 23.6 Å². The normalized spacial score (nSPS) is 23.7.